The summed E-state index contributed by atoms with van der Waals surface area (Å²) in [4.78, 5) is 0. The van der Waals surface area contributed by atoms with Crippen LogP contribution in [0.1, 0.15) is 0 Å². The molecule has 0 atom stereocenters. The van der Waals surface area contributed by atoms with Crippen molar-refractivity contribution in [3.63, 3.8) is 0 Å². The van der Waals surface area contributed by atoms with Crippen LogP contribution in [0.15, 0.2) is 0 Å². The van der Waals surface area contributed by atoms with E-state index in [1.165, 1.54) is 11.8 Å². The molecule has 0 aromatic carbocycles. The third kappa shape index (κ3) is 3.35. The zero-order valence-electron chi connectivity index (χ0n) is 6.06. The third-order valence-corrected chi connectivity index (χ3v) is 6.65. The van der Waals surface area contributed by atoms with E-state index in [2.05, 4.69) is 0 Å². The van der Waals surface area contributed by atoms with Crippen molar-refractivity contribution in [2.24, 2.45) is 0 Å². The molecule has 0 saturated heterocycles. The largest absolute Gasteiger partial charge is 0.183 e. The molecule has 0 aliphatic heterocycles. The Bertz CT molecular complexity index is 92.9. The SMILES string of the molecule is CSC(SC)C(Cl)(Cl)SC. The summed E-state index contributed by atoms with van der Waals surface area (Å²) >= 11 is 16.8. The van der Waals surface area contributed by atoms with Crippen LogP contribution in [0.2, 0.25) is 0 Å². The van der Waals surface area contributed by atoms with Crippen molar-refractivity contribution in [3.05, 3.63) is 0 Å². The minimum Gasteiger partial charge on any atom is -0.147 e. The first-order valence-electron chi connectivity index (χ1n) is 2.57. The maximum absolute atomic E-state index is 5.97. The lowest BCUT2D eigenvalue weighted by atomic mass is 10.9. The molecule has 0 bridgehead atoms. The van der Waals surface area contributed by atoms with E-state index >= 15 is 0 Å². The molecule has 0 nitrogen and oxygen atoms in total. The highest BCUT2D eigenvalue weighted by Gasteiger charge is 2.32. The summed E-state index contributed by atoms with van der Waals surface area (Å²) in [5, 5.41) is 0. The van der Waals surface area contributed by atoms with Crippen molar-refractivity contribution < 1.29 is 0 Å². The molecule has 0 saturated carbocycles. The van der Waals surface area contributed by atoms with Crippen LogP contribution in [0, 0.1) is 0 Å². The quantitative estimate of drug-likeness (QED) is 0.542. The molecule has 0 aromatic heterocycles. The first kappa shape index (κ1) is 11.6. The van der Waals surface area contributed by atoms with Crippen molar-refractivity contribution in [2.45, 2.75) is 8.25 Å². The molecule has 0 heterocycles. The molecular formula is C5H10Cl2S3. The van der Waals surface area contributed by atoms with Gasteiger partial charge in [-0.25, -0.2) is 0 Å². The maximum Gasteiger partial charge on any atom is 0.183 e. The predicted molar refractivity (Wildman–Crippen MR) is 58.8 cm³/mol. The molecule has 0 aliphatic rings. The normalized spacial score (nSPS) is 12.6. The van der Waals surface area contributed by atoms with Gasteiger partial charge in [0.2, 0.25) is 0 Å². The topological polar surface area (TPSA) is 0 Å². The van der Waals surface area contributed by atoms with Gasteiger partial charge in [0.25, 0.3) is 0 Å². The fourth-order valence-electron chi connectivity index (χ4n) is 0.467. The average molecular weight is 237 g/mol. The Kier molecular flexibility index (Phi) is 6.17. The van der Waals surface area contributed by atoms with E-state index in [1.807, 2.05) is 18.8 Å². The number of alkyl halides is 2. The molecule has 5 heteroatoms. The van der Waals surface area contributed by atoms with Crippen molar-refractivity contribution >= 4 is 58.5 Å². The van der Waals surface area contributed by atoms with E-state index in [1.54, 1.807) is 23.5 Å². The van der Waals surface area contributed by atoms with Crippen LogP contribution in [0.5, 0.6) is 0 Å². The Morgan fingerprint density at radius 3 is 1.60 bits per heavy atom. The highest BCUT2D eigenvalue weighted by molar-refractivity contribution is 8.18. The van der Waals surface area contributed by atoms with Crippen LogP contribution >= 0.6 is 58.5 Å². The summed E-state index contributed by atoms with van der Waals surface area (Å²) in [6.07, 6.45) is 5.94. The highest BCUT2D eigenvalue weighted by atomic mass is 35.5. The zero-order chi connectivity index (χ0) is 8.20. The Balaban J connectivity index is 3.97. The molecule has 0 unspecified atom stereocenters. The van der Waals surface area contributed by atoms with E-state index in [9.17, 15) is 0 Å². The molecule has 0 spiro atoms. The number of hydrogen-bond donors (Lipinski definition) is 0. The van der Waals surface area contributed by atoms with Gasteiger partial charge in [0.05, 0.1) is 4.58 Å². The molecular weight excluding hydrogens is 227 g/mol. The fourth-order valence-corrected chi connectivity index (χ4v) is 4.20. The van der Waals surface area contributed by atoms with E-state index in [4.69, 9.17) is 23.2 Å². The van der Waals surface area contributed by atoms with Gasteiger partial charge < -0.3 is 0 Å². The summed E-state index contributed by atoms with van der Waals surface area (Å²) in [6.45, 7) is 0. The minimum atomic E-state index is -0.654. The monoisotopic (exact) mass is 236 g/mol. The lowest BCUT2D eigenvalue weighted by molar-refractivity contribution is 1.24. The molecule has 62 valence electrons. The summed E-state index contributed by atoms with van der Waals surface area (Å²) in [5.41, 5.74) is 0. The van der Waals surface area contributed by atoms with Crippen molar-refractivity contribution in [1.82, 2.24) is 0 Å². The third-order valence-electron chi connectivity index (χ3n) is 0.975. The van der Waals surface area contributed by atoms with E-state index < -0.39 is 3.67 Å². The minimum absolute atomic E-state index is 0.242. The molecule has 0 rings (SSSR count). The van der Waals surface area contributed by atoms with Gasteiger partial charge in [-0.05, 0) is 18.8 Å². The van der Waals surface area contributed by atoms with Crippen LogP contribution in [-0.2, 0) is 0 Å². The summed E-state index contributed by atoms with van der Waals surface area (Å²) in [7, 11) is 0. The Morgan fingerprint density at radius 1 is 1.10 bits per heavy atom. The second-order valence-electron chi connectivity index (χ2n) is 1.57. The Morgan fingerprint density at radius 2 is 1.50 bits per heavy atom. The molecule has 0 N–H and O–H groups in total. The molecule has 0 fully saturated rings. The van der Waals surface area contributed by atoms with E-state index in [0.29, 0.717) is 0 Å². The second kappa shape index (κ2) is 5.31. The number of rotatable bonds is 4. The maximum atomic E-state index is 5.97. The lowest BCUT2D eigenvalue weighted by Crippen LogP contribution is -2.20. The van der Waals surface area contributed by atoms with Gasteiger partial charge in [-0.3, -0.25) is 0 Å². The van der Waals surface area contributed by atoms with Crippen molar-refractivity contribution in [3.8, 4) is 0 Å². The van der Waals surface area contributed by atoms with Crippen molar-refractivity contribution in [2.75, 3.05) is 18.8 Å². The van der Waals surface area contributed by atoms with Gasteiger partial charge in [0.15, 0.2) is 3.67 Å². The first-order chi connectivity index (χ1) is 4.58. The van der Waals surface area contributed by atoms with Crippen LogP contribution in [-0.4, -0.2) is 27.0 Å². The van der Waals surface area contributed by atoms with Crippen LogP contribution in [0.25, 0.3) is 0 Å². The standard InChI is InChI=1S/C5H10Cl2S3/c1-8-4(9-2)5(6,7)10-3/h4H,1-3H3. The van der Waals surface area contributed by atoms with Gasteiger partial charge >= 0.3 is 0 Å². The first-order valence-corrected chi connectivity index (χ1v) is 7.12. The molecule has 0 amide bonds. The van der Waals surface area contributed by atoms with Crippen LogP contribution in [0.4, 0.5) is 0 Å². The Hall–Kier alpha value is 1.63. The summed E-state index contributed by atoms with van der Waals surface area (Å²) < 4.78 is -0.412. The van der Waals surface area contributed by atoms with Crippen LogP contribution in [0.3, 0.4) is 0 Å². The van der Waals surface area contributed by atoms with Crippen LogP contribution < -0.4 is 0 Å². The number of halogens is 2. The predicted octanol–water partition coefficient (Wildman–Crippen LogP) is 3.53. The van der Waals surface area contributed by atoms with Gasteiger partial charge in [0, 0.05) is 0 Å². The fraction of sp³-hybridized carbons (Fsp3) is 1.00. The van der Waals surface area contributed by atoms with E-state index in [-0.39, 0.29) is 4.58 Å². The molecule has 0 radical (unpaired) electrons. The highest BCUT2D eigenvalue weighted by Crippen LogP contribution is 2.45. The molecule has 0 aliphatic carbocycles. The number of hydrogen-bond acceptors (Lipinski definition) is 3. The average Bonchev–Trinajstić information content (AvgIpc) is 1.90. The molecule has 10 heavy (non-hydrogen) atoms. The van der Waals surface area contributed by atoms with Gasteiger partial charge in [-0.15, -0.1) is 35.3 Å². The van der Waals surface area contributed by atoms with Gasteiger partial charge in [-0.1, -0.05) is 23.2 Å². The summed E-state index contributed by atoms with van der Waals surface area (Å²) in [5.74, 6) is 0. The van der Waals surface area contributed by atoms with Crippen molar-refractivity contribution in [1.29, 1.82) is 0 Å². The Labute approximate surface area is 85.2 Å². The smallest absolute Gasteiger partial charge is 0.147 e. The van der Waals surface area contributed by atoms with Gasteiger partial charge in [0.1, 0.15) is 0 Å². The second-order valence-corrected chi connectivity index (χ2v) is 6.64. The summed E-state index contributed by atoms with van der Waals surface area (Å²) in [6, 6.07) is 0. The number of thioether (sulfide) groups is 3. The zero-order valence-corrected chi connectivity index (χ0v) is 10.0. The van der Waals surface area contributed by atoms with E-state index in [0.717, 1.165) is 0 Å². The molecule has 0 aromatic rings. The lowest BCUT2D eigenvalue weighted by Gasteiger charge is -2.24. The van der Waals surface area contributed by atoms with Gasteiger partial charge in [-0.2, -0.15) is 0 Å².